The van der Waals surface area contributed by atoms with Crippen molar-refractivity contribution < 1.29 is 38.6 Å². The molecule has 0 spiro atoms. The number of fused-ring (bicyclic) bond motifs is 1. The Balaban J connectivity index is 1.66. The normalized spacial score (nSPS) is 20.6. The lowest BCUT2D eigenvalue weighted by atomic mass is 9.81. The number of carbonyl (C=O) groups is 6. The Kier molecular flexibility index (Phi) is 13.4. The summed E-state index contributed by atoms with van der Waals surface area (Å²) in [5.74, 6) is -2.75. The number of urea groups is 1. The second-order valence-corrected chi connectivity index (χ2v) is 12.9. The number of ether oxygens (including phenoxy) is 1. The van der Waals surface area contributed by atoms with Crippen LogP contribution in [0, 0.1) is 17.8 Å². The predicted molar refractivity (Wildman–Crippen MR) is 174 cm³/mol. The number of benzene rings is 1. The fourth-order valence-electron chi connectivity index (χ4n) is 5.72. The highest BCUT2D eigenvalue weighted by molar-refractivity contribution is 6.09. The molecule has 0 bridgehead atoms. The zero-order valence-electron chi connectivity index (χ0n) is 27.5. The number of anilines is 2. The number of rotatable bonds is 12. The number of hydrazone groups is 1. The van der Waals surface area contributed by atoms with E-state index in [-0.39, 0.29) is 42.8 Å². The minimum atomic E-state index is -1.15. The van der Waals surface area contributed by atoms with E-state index >= 15 is 0 Å². The largest absolute Gasteiger partial charge is 0.460 e. The van der Waals surface area contributed by atoms with Crippen molar-refractivity contribution in [3.8, 4) is 0 Å². The number of carbonyl (C=O) groups excluding carboxylic acids is 6. The maximum atomic E-state index is 13.4. The Morgan fingerprint density at radius 3 is 2.36 bits per heavy atom. The van der Waals surface area contributed by atoms with Crippen LogP contribution >= 0.6 is 0 Å². The van der Waals surface area contributed by atoms with E-state index < -0.39 is 60.3 Å². The van der Waals surface area contributed by atoms with Crippen molar-refractivity contribution in [1.82, 2.24) is 16.1 Å². The third-order valence-corrected chi connectivity index (χ3v) is 8.00. The summed E-state index contributed by atoms with van der Waals surface area (Å²) in [5.41, 5.74) is 8.30. The zero-order chi connectivity index (χ0) is 34.7. The Bertz CT molecular complexity index is 1340. The van der Waals surface area contributed by atoms with Gasteiger partial charge in [-0.1, -0.05) is 12.1 Å². The van der Waals surface area contributed by atoms with Gasteiger partial charge in [0.05, 0.1) is 30.9 Å². The second kappa shape index (κ2) is 17.0. The fraction of sp³-hybridized carbons (Fsp3) is 0.594. The van der Waals surface area contributed by atoms with Gasteiger partial charge in [-0.2, -0.15) is 5.10 Å². The zero-order valence-corrected chi connectivity index (χ0v) is 27.5. The molecular weight excluding hydrogens is 610 g/mol. The lowest BCUT2D eigenvalue weighted by molar-refractivity contribution is -0.155. The van der Waals surface area contributed by atoms with Crippen molar-refractivity contribution in [2.75, 3.05) is 43.1 Å². The van der Waals surface area contributed by atoms with Gasteiger partial charge in [0.2, 0.25) is 11.8 Å². The molecule has 1 aromatic rings. The van der Waals surface area contributed by atoms with Crippen molar-refractivity contribution >= 4 is 53.1 Å². The molecule has 1 aliphatic carbocycles. The van der Waals surface area contributed by atoms with Gasteiger partial charge in [-0.3, -0.25) is 24.0 Å². The lowest BCUT2D eigenvalue weighted by Gasteiger charge is -2.27. The van der Waals surface area contributed by atoms with Crippen molar-refractivity contribution in [1.29, 1.82) is 0 Å². The average Bonchev–Trinajstić information content (AvgIpc) is 3.12. The van der Waals surface area contributed by atoms with E-state index in [1.165, 1.54) is 16.0 Å². The molecule has 15 nitrogen and oxygen atoms in total. The van der Waals surface area contributed by atoms with Crippen LogP contribution in [0.4, 0.5) is 16.2 Å². The smallest absolute Gasteiger partial charge is 0.335 e. The first-order valence-electron chi connectivity index (χ1n) is 15.8. The molecule has 1 heterocycles. The molecular formula is C32H47N7O8. The Morgan fingerprint density at radius 1 is 1.09 bits per heavy atom. The first-order chi connectivity index (χ1) is 22.2. The summed E-state index contributed by atoms with van der Waals surface area (Å²) >= 11 is 0. The molecule has 1 fully saturated rings. The fourth-order valence-corrected chi connectivity index (χ4v) is 5.72. The maximum Gasteiger partial charge on any atom is 0.335 e. The molecule has 0 saturated heterocycles. The van der Waals surface area contributed by atoms with Gasteiger partial charge in [0, 0.05) is 38.1 Å². The summed E-state index contributed by atoms with van der Waals surface area (Å²) in [7, 11) is 1.62. The number of aliphatic hydroxyl groups excluding tert-OH is 1. The third-order valence-electron chi connectivity index (χ3n) is 8.00. The topological polar surface area (TPSA) is 213 Å². The van der Waals surface area contributed by atoms with Crippen LogP contribution in [0.3, 0.4) is 0 Å². The maximum absolute atomic E-state index is 13.4. The number of ketones is 1. The molecule has 3 rings (SSSR count). The minimum absolute atomic E-state index is 0.00610. The van der Waals surface area contributed by atoms with Gasteiger partial charge >= 0.3 is 12.0 Å². The van der Waals surface area contributed by atoms with Crippen molar-refractivity contribution in [2.45, 2.75) is 70.9 Å². The number of aliphatic hydroxyl groups is 1. The van der Waals surface area contributed by atoms with E-state index in [4.69, 9.17) is 10.5 Å². The summed E-state index contributed by atoms with van der Waals surface area (Å²) in [6.07, 6.45) is 3.99. The molecule has 15 heteroatoms. The summed E-state index contributed by atoms with van der Waals surface area (Å²) in [5, 5.41) is 18.9. The standard InChI is InChI=1S/C32H47N7O8/c1-32(2,3)47-28(43)14-21(16-36-37-31(46)35-15-20-9-11-22(12-10-20)29(44)34-4)13-23(41)17-39-26-8-6-5-7-25(26)38(27(42)19-40)18-24(33)30(39)45/h5-8,16,20-22,24,40H,9-15,17-19,33H2,1-4H3,(H,34,44)(H2,35,37,46)/b36-16+/t20?,21-,22?,24-/m0/s1. The molecule has 0 unspecified atom stereocenters. The second-order valence-electron chi connectivity index (χ2n) is 12.9. The van der Waals surface area contributed by atoms with Crippen molar-refractivity contribution in [3.63, 3.8) is 0 Å². The van der Waals surface area contributed by atoms with E-state index in [0.717, 1.165) is 25.7 Å². The number of hydrogen-bond donors (Lipinski definition) is 5. The van der Waals surface area contributed by atoms with Gasteiger partial charge in [-0.05, 0) is 64.5 Å². The highest BCUT2D eigenvalue weighted by Gasteiger charge is 2.35. The lowest BCUT2D eigenvalue weighted by Crippen LogP contribution is -2.50. The van der Waals surface area contributed by atoms with E-state index in [9.17, 15) is 33.9 Å². The number of para-hydroxylation sites is 2. The van der Waals surface area contributed by atoms with Crippen LogP contribution < -0.4 is 31.6 Å². The molecule has 47 heavy (non-hydrogen) atoms. The van der Waals surface area contributed by atoms with Gasteiger partial charge in [0.15, 0.2) is 5.78 Å². The molecule has 0 aromatic heterocycles. The number of hydrogen-bond acceptors (Lipinski definition) is 10. The highest BCUT2D eigenvalue weighted by Crippen LogP contribution is 2.33. The minimum Gasteiger partial charge on any atom is -0.460 e. The van der Waals surface area contributed by atoms with Crippen LogP contribution in [0.2, 0.25) is 0 Å². The molecule has 1 aliphatic heterocycles. The number of esters is 1. The van der Waals surface area contributed by atoms with Gasteiger partial charge in [0.1, 0.15) is 18.2 Å². The van der Waals surface area contributed by atoms with Crippen LogP contribution in [-0.2, 0) is 28.7 Å². The quantitative estimate of drug-likeness (QED) is 0.122. The number of nitrogens with two attached hydrogens (primary N) is 1. The summed E-state index contributed by atoms with van der Waals surface area (Å²) in [4.78, 5) is 78.5. The Labute approximate surface area is 274 Å². The molecule has 1 aromatic carbocycles. The van der Waals surface area contributed by atoms with Crippen molar-refractivity contribution in [2.24, 2.45) is 28.6 Å². The third kappa shape index (κ3) is 11.1. The van der Waals surface area contributed by atoms with Crippen LogP contribution in [0.25, 0.3) is 0 Å². The van der Waals surface area contributed by atoms with Crippen LogP contribution in [0.5, 0.6) is 0 Å². The summed E-state index contributed by atoms with van der Waals surface area (Å²) < 4.78 is 5.43. The van der Waals surface area contributed by atoms with E-state index in [1.807, 2.05) is 0 Å². The van der Waals surface area contributed by atoms with Crippen LogP contribution in [-0.4, -0.2) is 91.8 Å². The number of nitrogens with one attached hydrogen (secondary N) is 3. The monoisotopic (exact) mass is 657 g/mol. The molecule has 5 amide bonds. The van der Waals surface area contributed by atoms with E-state index in [0.29, 0.717) is 12.2 Å². The van der Waals surface area contributed by atoms with Gasteiger partial charge in [-0.15, -0.1) is 0 Å². The Morgan fingerprint density at radius 2 is 1.74 bits per heavy atom. The molecule has 0 radical (unpaired) electrons. The Hall–Kier alpha value is -4.37. The average molecular weight is 658 g/mol. The molecule has 2 aliphatic rings. The molecule has 1 saturated carbocycles. The van der Waals surface area contributed by atoms with Crippen LogP contribution in [0.1, 0.15) is 59.3 Å². The number of Topliss-reactive ketones (excluding diaryl/α,β-unsaturated/α-hetero) is 1. The van der Waals surface area contributed by atoms with Gasteiger partial charge in [0.25, 0.3) is 5.91 Å². The summed E-state index contributed by atoms with van der Waals surface area (Å²) in [6.45, 7) is 4.19. The highest BCUT2D eigenvalue weighted by atomic mass is 16.6. The first-order valence-corrected chi connectivity index (χ1v) is 15.8. The van der Waals surface area contributed by atoms with Gasteiger partial charge in [-0.25, -0.2) is 10.2 Å². The van der Waals surface area contributed by atoms with Gasteiger partial charge < -0.3 is 36.0 Å². The summed E-state index contributed by atoms with van der Waals surface area (Å²) in [6, 6.07) is 4.76. The van der Waals surface area contributed by atoms with Crippen LogP contribution in [0.15, 0.2) is 29.4 Å². The predicted octanol–water partition coefficient (Wildman–Crippen LogP) is 0.830. The SMILES string of the molecule is CNC(=O)C1CCC(CNC(=O)N/N=C/[C@@H](CC(=O)CN2C(=O)[C@@H](N)CN(C(=O)CO)c3ccccc32)CC(=O)OC(C)(C)C)CC1. The number of amides is 5. The first kappa shape index (κ1) is 37.1. The van der Waals surface area contributed by atoms with E-state index in [1.54, 1.807) is 52.1 Å². The molecule has 6 N–H and O–H groups in total. The molecule has 2 atom stereocenters. The molecule has 258 valence electrons. The van der Waals surface area contributed by atoms with Crippen molar-refractivity contribution in [3.05, 3.63) is 24.3 Å². The number of nitrogens with zero attached hydrogens (tertiary/aromatic N) is 3. The van der Waals surface area contributed by atoms with E-state index in [2.05, 4.69) is 21.2 Å².